The number of carboxylic acid groups (broad SMARTS) is 1. The fourth-order valence-corrected chi connectivity index (χ4v) is 4.64. The Balaban J connectivity index is 1.80. The maximum Gasteiger partial charge on any atom is 0.408 e. The molecule has 2 N–H and O–H groups in total. The number of alkyl carbamates (subject to hydrolysis) is 1. The summed E-state index contributed by atoms with van der Waals surface area (Å²) >= 11 is 2.61. The molecule has 10 nitrogen and oxygen atoms in total. The van der Waals surface area contributed by atoms with Crippen LogP contribution >= 0.6 is 22.7 Å². The molecule has 3 heterocycles. The lowest BCUT2D eigenvalue weighted by atomic mass is 10.1. The first-order valence-corrected chi connectivity index (χ1v) is 12.8. The Morgan fingerprint density at radius 3 is 2.31 bits per heavy atom. The van der Waals surface area contributed by atoms with Gasteiger partial charge in [0.15, 0.2) is 0 Å². The molecule has 192 valence electrons. The number of nitrogens with one attached hydrogen (secondary N) is 1. The van der Waals surface area contributed by atoms with Crippen molar-refractivity contribution in [2.45, 2.75) is 65.2 Å². The molecule has 0 aromatic carbocycles. The van der Waals surface area contributed by atoms with Crippen LogP contribution in [0.2, 0.25) is 0 Å². The minimum absolute atomic E-state index is 0.0572. The van der Waals surface area contributed by atoms with E-state index in [0.717, 1.165) is 0 Å². The molecule has 0 fully saturated rings. The minimum atomic E-state index is -1.09. The number of thiazole rings is 2. The summed E-state index contributed by atoms with van der Waals surface area (Å²) in [5.74, 6) is -1.69. The van der Waals surface area contributed by atoms with Gasteiger partial charge in [-0.2, -0.15) is 0 Å². The van der Waals surface area contributed by atoms with E-state index in [-0.39, 0.29) is 17.7 Å². The van der Waals surface area contributed by atoms with Gasteiger partial charge in [0.25, 0.3) is 0 Å². The summed E-state index contributed by atoms with van der Waals surface area (Å²) < 4.78 is 10.8. The molecule has 0 aliphatic carbocycles. The van der Waals surface area contributed by atoms with Crippen molar-refractivity contribution in [2.75, 3.05) is 0 Å². The molecule has 3 aromatic rings. The molecular weight excluding hydrogens is 504 g/mol. The molecule has 36 heavy (non-hydrogen) atoms. The minimum Gasteiger partial charge on any atom is -0.478 e. The molecule has 0 unspecified atom stereocenters. The first-order valence-electron chi connectivity index (χ1n) is 11.0. The highest BCUT2D eigenvalue weighted by Gasteiger charge is 2.30. The number of carboxylic acids is 1. The highest BCUT2D eigenvalue weighted by molar-refractivity contribution is 7.14. The van der Waals surface area contributed by atoms with Crippen LogP contribution < -0.4 is 5.32 Å². The van der Waals surface area contributed by atoms with Crippen LogP contribution in [-0.2, 0) is 20.7 Å². The first kappa shape index (κ1) is 27.2. The Labute approximate surface area is 216 Å². The van der Waals surface area contributed by atoms with E-state index in [1.807, 2.05) is 0 Å². The van der Waals surface area contributed by atoms with E-state index in [0.29, 0.717) is 21.4 Å². The van der Waals surface area contributed by atoms with Gasteiger partial charge >= 0.3 is 18.0 Å². The van der Waals surface area contributed by atoms with Crippen molar-refractivity contribution < 1.29 is 29.0 Å². The van der Waals surface area contributed by atoms with E-state index in [1.165, 1.54) is 34.9 Å². The van der Waals surface area contributed by atoms with Crippen molar-refractivity contribution in [1.29, 1.82) is 0 Å². The standard InChI is InChI=1S/C24H28N4O6S2/c1-23(2,3)33-21(31)14(28-22(32)34-24(4,5)6)10-17-26-16(12-35-17)19-27-15(11-36-19)18-13(20(29)30)8-7-9-25-18/h7-9,11-12,14H,10H2,1-6H3,(H,28,32)(H,29,30)/t14-/m0/s1. The van der Waals surface area contributed by atoms with Gasteiger partial charge in [-0.1, -0.05) is 0 Å². The number of rotatable bonds is 7. The number of hydrogen-bond donors (Lipinski definition) is 2. The smallest absolute Gasteiger partial charge is 0.408 e. The number of aromatic carboxylic acids is 1. The molecule has 1 amide bonds. The molecule has 0 aliphatic rings. The lowest BCUT2D eigenvalue weighted by molar-refractivity contribution is -0.157. The van der Waals surface area contributed by atoms with Gasteiger partial charge in [-0.05, 0) is 53.7 Å². The van der Waals surface area contributed by atoms with Gasteiger partial charge in [-0.3, -0.25) is 4.98 Å². The fraction of sp³-hybridized carbons (Fsp3) is 0.417. The Bertz CT molecular complexity index is 1260. The van der Waals surface area contributed by atoms with Gasteiger partial charge in [0, 0.05) is 23.4 Å². The maximum absolute atomic E-state index is 12.8. The second-order valence-electron chi connectivity index (χ2n) is 9.81. The normalized spacial score (nSPS) is 12.6. The fourth-order valence-electron chi connectivity index (χ4n) is 2.98. The number of ether oxygens (including phenoxy) is 2. The molecule has 0 spiro atoms. The number of hydrogen-bond acceptors (Lipinski definition) is 10. The summed E-state index contributed by atoms with van der Waals surface area (Å²) in [5, 5.41) is 16.7. The quantitative estimate of drug-likeness (QED) is 0.410. The summed E-state index contributed by atoms with van der Waals surface area (Å²) in [6.45, 7) is 10.4. The molecule has 0 radical (unpaired) electrons. The van der Waals surface area contributed by atoms with Gasteiger partial charge in [0.05, 0.1) is 10.6 Å². The average Bonchev–Trinajstić information content (AvgIpc) is 3.40. The molecule has 3 aromatic heterocycles. The van der Waals surface area contributed by atoms with Crippen LogP contribution in [0.15, 0.2) is 29.1 Å². The zero-order valence-corrected chi connectivity index (χ0v) is 22.5. The summed E-state index contributed by atoms with van der Waals surface area (Å²) in [7, 11) is 0. The van der Waals surface area contributed by atoms with E-state index in [9.17, 15) is 19.5 Å². The average molecular weight is 533 g/mol. The van der Waals surface area contributed by atoms with Crippen LogP contribution in [0.1, 0.15) is 56.9 Å². The van der Waals surface area contributed by atoms with Crippen LogP contribution in [0.25, 0.3) is 22.1 Å². The number of aromatic nitrogens is 3. The van der Waals surface area contributed by atoms with Crippen molar-refractivity contribution in [3.63, 3.8) is 0 Å². The SMILES string of the molecule is CC(C)(C)OC(=O)N[C@@H](Cc1nc(-c2nc(-c3ncccc3C(=O)O)cs2)cs1)C(=O)OC(C)(C)C. The maximum atomic E-state index is 12.8. The third-order valence-electron chi connectivity index (χ3n) is 4.32. The van der Waals surface area contributed by atoms with Crippen LogP contribution in [0.5, 0.6) is 0 Å². The van der Waals surface area contributed by atoms with Gasteiger partial charge in [0.2, 0.25) is 0 Å². The van der Waals surface area contributed by atoms with Gasteiger partial charge < -0.3 is 19.9 Å². The number of amides is 1. The van der Waals surface area contributed by atoms with Crippen LogP contribution in [-0.4, -0.2) is 55.3 Å². The van der Waals surface area contributed by atoms with Crippen molar-refractivity contribution in [3.8, 4) is 22.1 Å². The van der Waals surface area contributed by atoms with E-state index >= 15 is 0 Å². The molecule has 0 saturated heterocycles. The van der Waals surface area contributed by atoms with Gasteiger partial charge in [-0.15, -0.1) is 22.7 Å². The second-order valence-corrected chi connectivity index (χ2v) is 11.6. The Hall–Kier alpha value is -3.38. The molecular formula is C24H28N4O6S2. The molecule has 3 rings (SSSR count). The topological polar surface area (TPSA) is 141 Å². The zero-order valence-electron chi connectivity index (χ0n) is 20.8. The van der Waals surface area contributed by atoms with E-state index in [1.54, 1.807) is 58.4 Å². The Morgan fingerprint density at radius 1 is 1.00 bits per heavy atom. The third-order valence-corrected chi connectivity index (χ3v) is 6.05. The van der Waals surface area contributed by atoms with Crippen LogP contribution in [0.4, 0.5) is 4.79 Å². The molecule has 0 aliphatic heterocycles. The summed E-state index contributed by atoms with van der Waals surface area (Å²) in [6.07, 6.45) is 0.876. The molecule has 12 heteroatoms. The van der Waals surface area contributed by atoms with Crippen LogP contribution in [0, 0.1) is 0 Å². The van der Waals surface area contributed by atoms with Crippen molar-refractivity contribution in [3.05, 3.63) is 39.7 Å². The van der Waals surface area contributed by atoms with Gasteiger partial charge in [0.1, 0.15) is 39.3 Å². The van der Waals surface area contributed by atoms with E-state index < -0.39 is 35.3 Å². The number of esters is 1. The molecule has 0 bridgehead atoms. The van der Waals surface area contributed by atoms with Crippen molar-refractivity contribution >= 4 is 40.7 Å². The largest absolute Gasteiger partial charge is 0.478 e. The summed E-state index contributed by atoms with van der Waals surface area (Å²) in [5.41, 5.74) is -0.138. The number of carbonyl (C=O) groups is 3. The number of pyridine rings is 1. The van der Waals surface area contributed by atoms with Crippen molar-refractivity contribution in [1.82, 2.24) is 20.3 Å². The predicted molar refractivity (Wildman–Crippen MR) is 136 cm³/mol. The highest BCUT2D eigenvalue weighted by Crippen LogP contribution is 2.30. The van der Waals surface area contributed by atoms with E-state index in [2.05, 4.69) is 20.3 Å². The predicted octanol–water partition coefficient (Wildman–Crippen LogP) is 4.80. The zero-order chi connectivity index (χ0) is 26.7. The van der Waals surface area contributed by atoms with Gasteiger partial charge in [-0.25, -0.2) is 24.4 Å². The van der Waals surface area contributed by atoms with Crippen LogP contribution in [0.3, 0.4) is 0 Å². The van der Waals surface area contributed by atoms with E-state index in [4.69, 9.17) is 9.47 Å². The molecule has 1 atom stereocenters. The Morgan fingerprint density at radius 2 is 1.67 bits per heavy atom. The third kappa shape index (κ3) is 7.56. The summed E-state index contributed by atoms with van der Waals surface area (Å²) in [6, 6.07) is 2.02. The van der Waals surface area contributed by atoms with Crippen molar-refractivity contribution in [2.24, 2.45) is 0 Å². The number of nitrogens with zero attached hydrogens (tertiary/aromatic N) is 3. The monoisotopic (exact) mass is 532 g/mol. The first-order chi connectivity index (χ1) is 16.7. The second kappa shape index (κ2) is 10.7. The highest BCUT2D eigenvalue weighted by atomic mass is 32.1. The lowest BCUT2D eigenvalue weighted by Gasteiger charge is -2.25. The Kier molecular flexibility index (Phi) is 8.09. The number of carbonyl (C=O) groups excluding carboxylic acids is 2. The molecule has 0 saturated carbocycles. The summed E-state index contributed by atoms with van der Waals surface area (Å²) in [4.78, 5) is 49.9. The lowest BCUT2D eigenvalue weighted by Crippen LogP contribution is -2.47.